The van der Waals surface area contributed by atoms with Crippen LogP contribution in [0.2, 0.25) is 0 Å². The number of hydrogen-bond acceptors (Lipinski definition) is 6. The molecule has 0 saturated heterocycles. The van der Waals surface area contributed by atoms with Crippen molar-refractivity contribution < 1.29 is 0 Å². The summed E-state index contributed by atoms with van der Waals surface area (Å²) in [4.78, 5) is 5.09. The Morgan fingerprint density at radius 2 is 2.40 bits per heavy atom. The molecule has 78 valence electrons. The molecule has 2 aromatic heterocycles. The molecule has 3 N–H and O–H groups in total. The summed E-state index contributed by atoms with van der Waals surface area (Å²) in [5.41, 5.74) is 3.89. The van der Waals surface area contributed by atoms with Crippen molar-refractivity contribution in [2.24, 2.45) is 5.84 Å². The first-order valence-electron chi connectivity index (χ1n) is 4.52. The van der Waals surface area contributed by atoms with E-state index in [1.165, 1.54) is 11.5 Å². The van der Waals surface area contributed by atoms with Crippen LogP contribution in [0.1, 0.15) is 16.5 Å². The molecule has 0 aliphatic rings. The van der Waals surface area contributed by atoms with Crippen LogP contribution >= 0.6 is 11.5 Å². The normalized spacial score (nSPS) is 12.6. The molecule has 0 aliphatic heterocycles. The van der Waals surface area contributed by atoms with Crippen LogP contribution in [0.5, 0.6) is 0 Å². The average Bonchev–Trinajstić information content (AvgIpc) is 2.81. The van der Waals surface area contributed by atoms with Crippen molar-refractivity contribution >= 4 is 11.5 Å². The molecule has 6 heteroatoms. The van der Waals surface area contributed by atoms with Crippen molar-refractivity contribution in [1.29, 1.82) is 0 Å². The summed E-state index contributed by atoms with van der Waals surface area (Å²) >= 11 is 1.35. The molecule has 1 unspecified atom stereocenters. The van der Waals surface area contributed by atoms with Gasteiger partial charge in [0.25, 0.3) is 0 Å². The van der Waals surface area contributed by atoms with Gasteiger partial charge in [0.15, 0.2) is 0 Å². The van der Waals surface area contributed by atoms with Gasteiger partial charge in [0, 0.05) is 12.4 Å². The number of aromatic nitrogens is 3. The fourth-order valence-corrected chi connectivity index (χ4v) is 1.89. The smallest absolute Gasteiger partial charge is 0.0670 e. The molecule has 0 aliphatic carbocycles. The van der Waals surface area contributed by atoms with Gasteiger partial charge in [-0.25, -0.2) is 0 Å². The number of hydrazine groups is 1. The van der Waals surface area contributed by atoms with Crippen LogP contribution in [0.4, 0.5) is 0 Å². The molecular weight excluding hydrogens is 210 g/mol. The van der Waals surface area contributed by atoms with Gasteiger partial charge in [-0.3, -0.25) is 16.3 Å². The highest BCUT2D eigenvalue weighted by molar-refractivity contribution is 7.05. The van der Waals surface area contributed by atoms with Gasteiger partial charge in [-0.1, -0.05) is 10.6 Å². The second-order valence-electron chi connectivity index (χ2n) is 3.10. The van der Waals surface area contributed by atoms with E-state index in [4.69, 9.17) is 5.84 Å². The van der Waals surface area contributed by atoms with Crippen molar-refractivity contribution in [2.75, 3.05) is 0 Å². The lowest BCUT2D eigenvalue weighted by Crippen LogP contribution is -2.29. The minimum Gasteiger partial charge on any atom is -0.271 e. The summed E-state index contributed by atoms with van der Waals surface area (Å²) in [7, 11) is 0. The molecule has 0 saturated carbocycles. The van der Waals surface area contributed by atoms with E-state index >= 15 is 0 Å². The topological polar surface area (TPSA) is 76.7 Å². The minimum atomic E-state index is 0.0502. The van der Waals surface area contributed by atoms with Gasteiger partial charge in [-0.05, 0) is 29.6 Å². The van der Waals surface area contributed by atoms with Crippen molar-refractivity contribution in [3.8, 4) is 0 Å². The molecule has 2 rings (SSSR count). The fourth-order valence-electron chi connectivity index (χ4n) is 1.32. The Morgan fingerprint density at radius 1 is 1.47 bits per heavy atom. The molecule has 0 radical (unpaired) electrons. The van der Waals surface area contributed by atoms with E-state index in [-0.39, 0.29) is 6.04 Å². The summed E-state index contributed by atoms with van der Waals surface area (Å²) < 4.78 is 3.81. The summed E-state index contributed by atoms with van der Waals surface area (Å²) in [5, 5.41) is 3.79. The molecule has 5 nitrogen and oxygen atoms in total. The zero-order chi connectivity index (χ0) is 10.5. The average molecular weight is 221 g/mol. The zero-order valence-corrected chi connectivity index (χ0v) is 8.81. The quantitative estimate of drug-likeness (QED) is 0.586. The lowest BCUT2D eigenvalue weighted by molar-refractivity contribution is 0.559. The number of nitrogens with zero attached hydrogens (tertiary/aromatic N) is 3. The SMILES string of the molecule is NNC(Cc1cccnc1)c1cnns1. The number of pyridine rings is 1. The van der Waals surface area contributed by atoms with Crippen LogP contribution in [0.3, 0.4) is 0 Å². The predicted molar refractivity (Wildman–Crippen MR) is 57.9 cm³/mol. The van der Waals surface area contributed by atoms with E-state index in [9.17, 15) is 0 Å². The van der Waals surface area contributed by atoms with Crippen LogP contribution < -0.4 is 11.3 Å². The second-order valence-corrected chi connectivity index (χ2v) is 3.92. The third-order valence-corrected chi connectivity index (χ3v) is 2.86. The van der Waals surface area contributed by atoms with Crippen LogP contribution in [0, 0.1) is 0 Å². The van der Waals surface area contributed by atoms with Gasteiger partial charge in [-0.2, -0.15) is 0 Å². The zero-order valence-electron chi connectivity index (χ0n) is 8.00. The first kappa shape index (κ1) is 10.2. The monoisotopic (exact) mass is 221 g/mol. The molecule has 1 atom stereocenters. The fraction of sp³-hybridized carbons (Fsp3) is 0.222. The molecule has 15 heavy (non-hydrogen) atoms. The Labute approximate surface area is 91.5 Å². The number of nitrogens with one attached hydrogen (secondary N) is 1. The standard InChI is InChI=1S/C9H11N5S/c10-13-8(9-6-12-14-15-9)4-7-2-1-3-11-5-7/h1-3,5-6,8,13H,4,10H2. The van der Waals surface area contributed by atoms with E-state index in [0.717, 1.165) is 16.9 Å². The summed E-state index contributed by atoms with van der Waals surface area (Å²) in [6.07, 6.45) is 6.10. The lowest BCUT2D eigenvalue weighted by Gasteiger charge is -2.12. The number of hydrogen-bond donors (Lipinski definition) is 2. The maximum Gasteiger partial charge on any atom is 0.0670 e. The molecule has 0 amide bonds. The first-order valence-corrected chi connectivity index (χ1v) is 5.30. The van der Waals surface area contributed by atoms with E-state index in [2.05, 4.69) is 20.0 Å². The number of nitrogens with two attached hydrogens (primary N) is 1. The third-order valence-electron chi connectivity index (χ3n) is 2.09. The van der Waals surface area contributed by atoms with Gasteiger partial charge in [0.05, 0.1) is 17.1 Å². The van der Waals surface area contributed by atoms with Crippen molar-refractivity contribution in [3.05, 3.63) is 41.2 Å². The van der Waals surface area contributed by atoms with E-state index in [1.54, 1.807) is 12.4 Å². The Bertz CT molecular complexity index is 388. The van der Waals surface area contributed by atoms with Crippen LogP contribution in [0.15, 0.2) is 30.7 Å². The molecule has 0 spiro atoms. The molecule has 2 heterocycles. The summed E-state index contributed by atoms with van der Waals surface area (Å²) in [6.45, 7) is 0. The van der Waals surface area contributed by atoms with Crippen molar-refractivity contribution in [2.45, 2.75) is 12.5 Å². The third kappa shape index (κ3) is 2.56. The highest BCUT2D eigenvalue weighted by atomic mass is 32.1. The maximum atomic E-state index is 5.49. The Hall–Kier alpha value is -1.37. The van der Waals surface area contributed by atoms with Crippen molar-refractivity contribution in [1.82, 2.24) is 20.0 Å². The van der Waals surface area contributed by atoms with Gasteiger partial charge in [0.1, 0.15) is 0 Å². The Morgan fingerprint density at radius 3 is 3.00 bits per heavy atom. The largest absolute Gasteiger partial charge is 0.271 e. The van der Waals surface area contributed by atoms with Gasteiger partial charge in [-0.15, -0.1) is 5.10 Å². The molecule has 0 bridgehead atoms. The summed E-state index contributed by atoms with van der Waals surface area (Å²) in [5.74, 6) is 5.49. The van der Waals surface area contributed by atoms with Crippen LogP contribution in [0.25, 0.3) is 0 Å². The first-order chi connectivity index (χ1) is 7.40. The lowest BCUT2D eigenvalue weighted by atomic mass is 10.1. The number of rotatable bonds is 4. The summed E-state index contributed by atoms with van der Waals surface area (Å²) in [6, 6.07) is 3.98. The Balaban J connectivity index is 2.10. The van der Waals surface area contributed by atoms with E-state index in [0.29, 0.717) is 0 Å². The highest BCUT2D eigenvalue weighted by Gasteiger charge is 2.12. The maximum absolute atomic E-state index is 5.49. The van der Waals surface area contributed by atoms with Gasteiger partial charge < -0.3 is 0 Å². The molecular formula is C9H11N5S. The van der Waals surface area contributed by atoms with Crippen LogP contribution in [-0.2, 0) is 6.42 Å². The second kappa shape index (κ2) is 4.92. The predicted octanol–water partition coefficient (Wildman–Crippen LogP) is 0.680. The van der Waals surface area contributed by atoms with E-state index < -0.39 is 0 Å². The van der Waals surface area contributed by atoms with Crippen LogP contribution in [-0.4, -0.2) is 14.6 Å². The van der Waals surface area contributed by atoms with E-state index in [1.807, 2.05) is 18.3 Å². The molecule has 0 fully saturated rings. The van der Waals surface area contributed by atoms with Gasteiger partial charge in [0.2, 0.25) is 0 Å². The Kier molecular flexibility index (Phi) is 3.33. The highest BCUT2D eigenvalue weighted by Crippen LogP contribution is 2.18. The molecule has 2 aromatic rings. The minimum absolute atomic E-state index is 0.0502. The van der Waals surface area contributed by atoms with Crippen molar-refractivity contribution in [3.63, 3.8) is 0 Å². The van der Waals surface area contributed by atoms with Gasteiger partial charge >= 0.3 is 0 Å². The molecule has 0 aromatic carbocycles.